The van der Waals surface area contributed by atoms with E-state index in [4.69, 9.17) is 14.5 Å². The summed E-state index contributed by atoms with van der Waals surface area (Å²) in [6, 6.07) is 8.57. The lowest BCUT2D eigenvalue weighted by molar-refractivity contribution is -0.276. The van der Waals surface area contributed by atoms with Crippen molar-refractivity contribution < 1.29 is 41.0 Å². The van der Waals surface area contributed by atoms with E-state index in [2.05, 4.69) is 20.4 Å². The monoisotopic (exact) mass is 592 g/mol. The largest absolute Gasteiger partial charge is 0.573 e. The van der Waals surface area contributed by atoms with Gasteiger partial charge in [0.2, 0.25) is 5.75 Å². The Morgan fingerprint density at radius 2 is 1.79 bits per heavy atom. The zero-order valence-electron chi connectivity index (χ0n) is 22.9. The van der Waals surface area contributed by atoms with Gasteiger partial charge in [-0.3, -0.25) is 4.98 Å². The molecule has 4 aromatic rings. The van der Waals surface area contributed by atoms with Crippen LogP contribution in [0.4, 0.5) is 27.8 Å². The van der Waals surface area contributed by atoms with Crippen molar-refractivity contribution in [2.45, 2.75) is 38.7 Å². The molecule has 0 bridgehead atoms. The Morgan fingerprint density at radius 1 is 1.02 bits per heavy atom. The van der Waals surface area contributed by atoms with Gasteiger partial charge in [0.1, 0.15) is 5.82 Å². The molecule has 13 heteroatoms. The van der Waals surface area contributed by atoms with E-state index in [0.717, 1.165) is 28.3 Å². The maximum atomic E-state index is 13.8. The molecular weight excluding hydrogens is 563 g/mol. The lowest BCUT2D eigenvalue weighted by atomic mass is 10.1. The Bertz CT molecular complexity index is 1530. The fourth-order valence-corrected chi connectivity index (χ4v) is 4.35. The third-order valence-electron chi connectivity index (χ3n) is 6.27. The van der Waals surface area contributed by atoms with Crippen LogP contribution in [0.1, 0.15) is 35.7 Å². The highest BCUT2D eigenvalue weighted by Crippen LogP contribution is 2.31. The SMILES string of the molecule is COC(=O)c1ccc2c(c1)nc(NC(C)COCCCCNCc1cc(F)c(OC(F)(F)F)c(F)c1)c1ccncc12. The molecular formula is C29H29F5N4O4. The number of alkyl halides is 3. The van der Waals surface area contributed by atoms with Crippen LogP contribution >= 0.6 is 0 Å². The van der Waals surface area contributed by atoms with E-state index >= 15 is 0 Å². The fraction of sp³-hybridized carbons (Fsp3) is 0.345. The van der Waals surface area contributed by atoms with Crippen LogP contribution in [0.25, 0.3) is 21.7 Å². The number of unbranched alkanes of at least 4 members (excludes halogenated alkanes) is 1. The van der Waals surface area contributed by atoms with Crippen LogP contribution in [0, 0.1) is 11.6 Å². The van der Waals surface area contributed by atoms with Gasteiger partial charge in [-0.05, 0) is 62.2 Å². The standard InChI is InChI=1S/C29H29F5N4O4/c1-17(16-41-10-4-3-8-35-14-18-11-23(30)26(24(31)12-18)42-29(32,33)34)37-27-21-7-9-36-15-22(21)20-6-5-19(28(39)40-2)13-25(20)38-27/h5-7,9,11-13,15,17,35H,3-4,8,10,14,16H2,1-2H3,(H,37,38). The van der Waals surface area contributed by atoms with Gasteiger partial charge in [0.05, 0.1) is 24.8 Å². The lowest BCUT2D eigenvalue weighted by Crippen LogP contribution is -2.23. The van der Waals surface area contributed by atoms with Crippen molar-refractivity contribution >= 4 is 33.5 Å². The van der Waals surface area contributed by atoms with Crippen LogP contribution in [0.5, 0.6) is 5.75 Å². The summed E-state index contributed by atoms with van der Waals surface area (Å²) in [5, 5.41) is 8.99. The summed E-state index contributed by atoms with van der Waals surface area (Å²) >= 11 is 0. The maximum absolute atomic E-state index is 13.8. The first-order chi connectivity index (χ1) is 20.1. The highest BCUT2D eigenvalue weighted by atomic mass is 19.4. The van der Waals surface area contributed by atoms with Gasteiger partial charge in [-0.15, -0.1) is 13.2 Å². The Kier molecular flexibility index (Phi) is 10.1. The number of aromatic nitrogens is 2. The molecule has 4 rings (SSSR count). The number of hydrogen-bond donors (Lipinski definition) is 2. The van der Waals surface area contributed by atoms with Gasteiger partial charge >= 0.3 is 12.3 Å². The zero-order chi connectivity index (χ0) is 30.3. The van der Waals surface area contributed by atoms with Crippen molar-refractivity contribution in [3.8, 4) is 5.75 Å². The van der Waals surface area contributed by atoms with Gasteiger partial charge in [-0.2, -0.15) is 0 Å². The van der Waals surface area contributed by atoms with Gasteiger partial charge in [0, 0.05) is 47.7 Å². The smallest absolute Gasteiger partial charge is 0.465 e. The first kappa shape index (κ1) is 30.8. The minimum absolute atomic E-state index is 0.0747. The van der Waals surface area contributed by atoms with E-state index in [1.165, 1.54) is 7.11 Å². The topological polar surface area (TPSA) is 94.6 Å². The number of halogens is 5. The molecule has 2 N–H and O–H groups in total. The Balaban J connectivity index is 1.23. The van der Waals surface area contributed by atoms with Crippen molar-refractivity contribution in [1.82, 2.24) is 15.3 Å². The summed E-state index contributed by atoms with van der Waals surface area (Å²) in [4.78, 5) is 21.0. The molecule has 0 saturated carbocycles. The molecule has 42 heavy (non-hydrogen) atoms. The number of esters is 1. The zero-order valence-corrected chi connectivity index (χ0v) is 22.9. The molecule has 2 heterocycles. The third kappa shape index (κ3) is 8.01. The molecule has 2 aromatic heterocycles. The molecule has 0 saturated heterocycles. The number of fused-ring (bicyclic) bond motifs is 3. The summed E-state index contributed by atoms with van der Waals surface area (Å²) in [5.74, 6) is -4.13. The predicted octanol–water partition coefficient (Wildman–Crippen LogP) is 6.13. The van der Waals surface area contributed by atoms with Crippen molar-refractivity contribution in [2.75, 3.05) is 32.2 Å². The van der Waals surface area contributed by atoms with Crippen LogP contribution in [-0.2, 0) is 16.0 Å². The normalized spacial score (nSPS) is 12.5. The van der Waals surface area contributed by atoms with E-state index in [1.807, 2.05) is 19.1 Å². The number of nitrogens with zero attached hydrogens (tertiary/aromatic N) is 2. The van der Waals surface area contributed by atoms with Gasteiger partial charge in [0.25, 0.3) is 0 Å². The minimum atomic E-state index is -5.19. The highest BCUT2D eigenvalue weighted by molar-refractivity contribution is 6.10. The van der Waals surface area contributed by atoms with E-state index in [9.17, 15) is 26.7 Å². The number of carbonyl (C=O) groups is 1. The van der Waals surface area contributed by atoms with Crippen molar-refractivity contribution in [3.63, 3.8) is 0 Å². The second-order valence-corrected chi connectivity index (χ2v) is 9.55. The number of methoxy groups -OCH3 is 1. The van der Waals surface area contributed by atoms with E-state index in [1.54, 1.807) is 24.5 Å². The quantitative estimate of drug-likeness (QED) is 0.0829. The summed E-state index contributed by atoms with van der Waals surface area (Å²) in [6.45, 7) is 3.40. The van der Waals surface area contributed by atoms with Crippen LogP contribution in [0.2, 0.25) is 0 Å². The van der Waals surface area contributed by atoms with Gasteiger partial charge < -0.3 is 24.8 Å². The lowest BCUT2D eigenvalue weighted by Gasteiger charge is -2.17. The van der Waals surface area contributed by atoms with Crippen LogP contribution in [0.3, 0.4) is 0 Å². The van der Waals surface area contributed by atoms with E-state index < -0.39 is 29.7 Å². The van der Waals surface area contributed by atoms with E-state index in [-0.39, 0.29) is 18.2 Å². The summed E-state index contributed by atoms with van der Waals surface area (Å²) in [5.41, 5.74) is 1.17. The van der Waals surface area contributed by atoms with Gasteiger partial charge in [-0.1, -0.05) is 6.07 Å². The second kappa shape index (κ2) is 13.7. The molecule has 0 amide bonds. The molecule has 0 spiro atoms. The van der Waals surface area contributed by atoms with Crippen molar-refractivity contribution in [3.05, 3.63) is 71.6 Å². The van der Waals surface area contributed by atoms with E-state index in [0.29, 0.717) is 49.5 Å². The molecule has 0 fully saturated rings. The maximum Gasteiger partial charge on any atom is 0.573 e. The summed E-state index contributed by atoms with van der Waals surface area (Å²) in [7, 11) is 1.32. The Hall–Kier alpha value is -4.10. The number of carbonyl (C=O) groups excluding carboxylic acids is 1. The van der Waals surface area contributed by atoms with Crippen LogP contribution in [0.15, 0.2) is 48.8 Å². The molecule has 8 nitrogen and oxygen atoms in total. The average molecular weight is 593 g/mol. The predicted molar refractivity (Wildman–Crippen MR) is 146 cm³/mol. The van der Waals surface area contributed by atoms with Gasteiger partial charge in [-0.25, -0.2) is 18.6 Å². The number of ether oxygens (including phenoxy) is 3. The van der Waals surface area contributed by atoms with Gasteiger partial charge in [0.15, 0.2) is 11.6 Å². The second-order valence-electron chi connectivity index (χ2n) is 9.55. The third-order valence-corrected chi connectivity index (χ3v) is 6.27. The number of rotatable bonds is 13. The molecule has 0 aliphatic rings. The van der Waals surface area contributed by atoms with Crippen LogP contribution in [-0.4, -0.2) is 55.2 Å². The molecule has 1 atom stereocenters. The van der Waals surface area contributed by atoms with Crippen molar-refractivity contribution in [1.29, 1.82) is 0 Å². The first-order valence-electron chi connectivity index (χ1n) is 13.1. The number of anilines is 1. The molecule has 224 valence electrons. The minimum Gasteiger partial charge on any atom is -0.465 e. The number of pyridine rings is 2. The number of nitrogens with one attached hydrogen (secondary N) is 2. The molecule has 0 aliphatic heterocycles. The number of benzene rings is 2. The Morgan fingerprint density at radius 3 is 2.50 bits per heavy atom. The van der Waals surface area contributed by atoms with Crippen LogP contribution < -0.4 is 15.4 Å². The molecule has 0 aliphatic carbocycles. The summed E-state index contributed by atoms with van der Waals surface area (Å²) in [6.07, 6.45) is -0.339. The molecule has 0 radical (unpaired) electrons. The average Bonchev–Trinajstić information content (AvgIpc) is 2.95. The highest BCUT2D eigenvalue weighted by Gasteiger charge is 2.34. The summed E-state index contributed by atoms with van der Waals surface area (Å²) < 4.78 is 78.5. The fourth-order valence-electron chi connectivity index (χ4n) is 4.35. The Labute approximate surface area is 238 Å². The molecule has 1 unspecified atom stereocenters. The molecule has 2 aromatic carbocycles. The first-order valence-corrected chi connectivity index (χ1v) is 13.1. The number of hydrogen-bond acceptors (Lipinski definition) is 8. The van der Waals surface area contributed by atoms with Crippen molar-refractivity contribution in [2.24, 2.45) is 0 Å².